The van der Waals surface area contributed by atoms with E-state index in [1.807, 2.05) is 0 Å². The van der Waals surface area contributed by atoms with Gasteiger partial charge in [0, 0.05) is 5.71 Å². The Hall–Kier alpha value is -2.67. The molecule has 0 aliphatic heterocycles. The maximum absolute atomic E-state index is 4.88. The van der Waals surface area contributed by atoms with Crippen LogP contribution in [0, 0.1) is 5.92 Å². The lowest BCUT2D eigenvalue weighted by molar-refractivity contribution is 0.331. The molecule has 1 aliphatic rings. The molecule has 0 heterocycles. The van der Waals surface area contributed by atoms with Gasteiger partial charge in [0.1, 0.15) is 0 Å². The molecule has 1 atom stereocenters. The Balaban J connectivity index is 1.43. The van der Waals surface area contributed by atoms with Crippen molar-refractivity contribution in [2.75, 3.05) is 6.54 Å². The van der Waals surface area contributed by atoms with E-state index in [4.69, 9.17) is 4.99 Å². The minimum Gasteiger partial charge on any atom is -0.285 e. The Morgan fingerprint density at radius 1 is 0.842 bits per heavy atom. The zero-order valence-electron chi connectivity index (χ0n) is 25.1. The zero-order valence-corrected chi connectivity index (χ0v) is 25.1. The highest BCUT2D eigenvalue weighted by atomic mass is 14.7. The van der Waals surface area contributed by atoms with E-state index in [-0.39, 0.29) is 10.8 Å². The number of unbranched alkanes of at least 4 members (excludes halogenated alkanes) is 1. The first-order valence-corrected chi connectivity index (χ1v) is 14.9. The maximum Gasteiger partial charge on any atom is 0.0603 e. The predicted molar refractivity (Wildman–Crippen MR) is 168 cm³/mol. The van der Waals surface area contributed by atoms with Crippen LogP contribution < -0.4 is 0 Å². The van der Waals surface area contributed by atoms with Crippen molar-refractivity contribution in [3.63, 3.8) is 0 Å². The summed E-state index contributed by atoms with van der Waals surface area (Å²) in [7, 11) is 0. The fraction of sp³-hybridized carbons (Fsp3) is 0.486. The number of hydrogen-bond donors (Lipinski definition) is 0. The van der Waals surface area contributed by atoms with Gasteiger partial charge in [-0.3, -0.25) is 4.99 Å². The minimum atomic E-state index is 0.267. The molecule has 0 saturated heterocycles. The zero-order chi connectivity index (χ0) is 27.5. The molecule has 0 fully saturated rings. The van der Waals surface area contributed by atoms with E-state index in [1.54, 1.807) is 11.1 Å². The summed E-state index contributed by atoms with van der Waals surface area (Å²) in [6.07, 6.45) is 8.40. The van der Waals surface area contributed by atoms with Crippen LogP contribution in [0.1, 0.15) is 108 Å². The molecule has 1 heteroatoms. The molecule has 1 aliphatic carbocycles. The van der Waals surface area contributed by atoms with E-state index in [9.17, 15) is 0 Å². The largest absolute Gasteiger partial charge is 0.285 e. The second kappa shape index (κ2) is 11.6. The predicted octanol–water partition coefficient (Wildman–Crippen LogP) is 10.2. The van der Waals surface area contributed by atoms with Crippen molar-refractivity contribution in [2.45, 2.75) is 104 Å². The topological polar surface area (TPSA) is 12.4 Å². The molecule has 0 radical (unpaired) electrons. The van der Waals surface area contributed by atoms with Crippen molar-refractivity contribution >= 4 is 16.5 Å². The molecule has 0 amide bonds. The Labute approximate surface area is 232 Å². The van der Waals surface area contributed by atoms with Crippen LogP contribution in [0.3, 0.4) is 0 Å². The molecule has 38 heavy (non-hydrogen) atoms. The van der Waals surface area contributed by atoms with Gasteiger partial charge >= 0.3 is 0 Å². The molecular formula is C37H49N. The highest BCUT2D eigenvalue weighted by molar-refractivity contribution is 6.02. The van der Waals surface area contributed by atoms with E-state index in [2.05, 4.69) is 110 Å². The molecule has 1 unspecified atom stereocenters. The summed E-state index contributed by atoms with van der Waals surface area (Å²) in [4.78, 5) is 4.88. The molecule has 3 aromatic carbocycles. The number of nitrogens with zero attached hydrogens (tertiary/aromatic N) is 1. The molecule has 0 spiro atoms. The van der Waals surface area contributed by atoms with Crippen LogP contribution in [0.15, 0.2) is 71.7 Å². The van der Waals surface area contributed by atoms with Gasteiger partial charge in [-0.2, -0.15) is 0 Å². The Morgan fingerprint density at radius 2 is 1.45 bits per heavy atom. The lowest BCUT2D eigenvalue weighted by Gasteiger charge is -2.42. The van der Waals surface area contributed by atoms with E-state index >= 15 is 0 Å². The third-order valence-electron chi connectivity index (χ3n) is 9.15. The molecule has 0 aromatic heterocycles. The van der Waals surface area contributed by atoms with Gasteiger partial charge in [0.25, 0.3) is 0 Å². The number of benzene rings is 3. The van der Waals surface area contributed by atoms with E-state index < -0.39 is 0 Å². The van der Waals surface area contributed by atoms with Crippen LogP contribution in [-0.4, -0.2) is 12.3 Å². The first-order chi connectivity index (χ1) is 18.0. The monoisotopic (exact) mass is 507 g/mol. The van der Waals surface area contributed by atoms with Gasteiger partial charge in [-0.25, -0.2) is 0 Å². The van der Waals surface area contributed by atoms with Crippen molar-refractivity contribution in [3.05, 3.63) is 94.6 Å². The minimum absolute atomic E-state index is 0.267. The number of aryl methyl sites for hydroxylation is 2. The van der Waals surface area contributed by atoms with Gasteiger partial charge in [0.2, 0.25) is 0 Å². The smallest absolute Gasteiger partial charge is 0.0603 e. The summed E-state index contributed by atoms with van der Waals surface area (Å²) < 4.78 is 0. The number of aliphatic imine (C=N–C) groups is 1. The summed E-state index contributed by atoms with van der Waals surface area (Å²) in [5.74, 6) is 0.543. The average molecular weight is 508 g/mol. The van der Waals surface area contributed by atoms with Gasteiger partial charge in [-0.05, 0) is 100 Å². The third-order valence-corrected chi connectivity index (χ3v) is 9.15. The van der Waals surface area contributed by atoms with Gasteiger partial charge in [0.15, 0.2) is 0 Å². The summed E-state index contributed by atoms with van der Waals surface area (Å²) in [6, 6.07) is 21.0. The Kier molecular flexibility index (Phi) is 8.65. The second-order valence-electron chi connectivity index (χ2n) is 13.1. The number of hydrogen-bond acceptors (Lipinski definition) is 1. The van der Waals surface area contributed by atoms with Crippen molar-refractivity contribution in [2.24, 2.45) is 10.9 Å². The molecule has 4 rings (SSSR count). The van der Waals surface area contributed by atoms with Crippen LogP contribution in [0.2, 0.25) is 0 Å². The van der Waals surface area contributed by atoms with Crippen LogP contribution in [-0.2, 0) is 23.7 Å². The Bertz CT molecular complexity index is 1320. The molecule has 202 valence electrons. The summed E-state index contributed by atoms with van der Waals surface area (Å²) in [5.41, 5.74) is 10.1. The molecule has 3 aromatic rings. The van der Waals surface area contributed by atoms with E-state index in [1.165, 1.54) is 65.1 Å². The van der Waals surface area contributed by atoms with E-state index in [0.29, 0.717) is 5.92 Å². The average Bonchev–Trinajstić information content (AvgIpc) is 2.91. The van der Waals surface area contributed by atoms with Crippen LogP contribution in [0.4, 0.5) is 0 Å². The van der Waals surface area contributed by atoms with Crippen LogP contribution in [0.5, 0.6) is 0 Å². The highest BCUT2D eigenvalue weighted by Crippen LogP contribution is 2.46. The second-order valence-corrected chi connectivity index (χ2v) is 13.1. The fourth-order valence-corrected chi connectivity index (χ4v) is 5.94. The number of fused-ring (bicyclic) bond motifs is 2. The summed E-state index contributed by atoms with van der Waals surface area (Å²) >= 11 is 0. The maximum atomic E-state index is 4.88. The molecule has 1 nitrogen and oxygen atoms in total. The van der Waals surface area contributed by atoms with Crippen LogP contribution >= 0.6 is 0 Å². The van der Waals surface area contributed by atoms with Crippen LogP contribution in [0.25, 0.3) is 10.8 Å². The SMILES string of the molecule is C=C(CN=C(C)c1ccc2cc(CCc3ccc4c(c3)C(C)(C)CCC4(C)C)ccc2c1)C(C)CCCC. The lowest BCUT2D eigenvalue weighted by atomic mass is 9.63. The molecule has 0 saturated carbocycles. The summed E-state index contributed by atoms with van der Waals surface area (Å²) in [6.45, 7) is 21.3. The third kappa shape index (κ3) is 6.48. The molecular weight excluding hydrogens is 458 g/mol. The van der Waals surface area contributed by atoms with Gasteiger partial charge in [-0.1, -0.05) is 115 Å². The van der Waals surface area contributed by atoms with Crippen molar-refractivity contribution in [1.29, 1.82) is 0 Å². The Morgan fingerprint density at radius 3 is 2.16 bits per heavy atom. The van der Waals surface area contributed by atoms with E-state index in [0.717, 1.165) is 25.1 Å². The first kappa shape index (κ1) is 28.3. The first-order valence-electron chi connectivity index (χ1n) is 14.9. The van der Waals surface area contributed by atoms with Crippen molar-refractivity contribution in [3.8, 4) is 0 Å². The normalized spacial score (nSPS) is 17.3. The van der Waals surface area contributed by atoms with Gasteiger partial charge in [0.05, 0.1) is 6.54 Å². The van der Waals surface area contributed by atoms with Crippen molar-refractivity contribution < 1.29 is 0 Å². The standard InChI is InChI=1S/C37H49N/c1-9-10-11-26(2)27(3)25-38-28(4)31-17-18-32-22-29(14-16-33(32)24-31)12-13-30-15-19-34-35(23-30)37(7,8)21-20-36(34,5)6/h14-19,22-24,26H,3,9-13,20-21,25H2,1-2,4-8H3. The number of rotatable bonds is 10. The summed E-state index contributed by atoms with van der Waals surface area (Å²) in [5, 5.41) is 2.60. The molecule has 0 bridgehead atoms. The highest BCUT2D eigenvalue weighted by Gasteiger charge is 2.36. The quantitative estimate of drug-likeness (QED) is 0.191. The lowest BCUT2D eigenvalue weighted by Crippen LogP contribution is -2.33. The fourth-order valence-electron chi connectivity index (χ4n) is 5.94. The molecule has 0 N–H and O–H groups in total. The van der Waals surface area contributed by atoms with Gasteiger partial charge < -0.3 is 0 Å². The van der Waals surface area contributed by atoms with Crippen molar-refractivity contribution in [1.82, 2.24) is 0 Å². The van der Waals surface area contributed by atoms with Gasteiger partial charge in [-0.15, -0.1) is 0 Å².